The number of Topliss-reactive ketones (excluding diaryl/α,β-unsaturated/α-hetero) is 1. The van der Waals surface area contributed by atoms with Gasteiger partial charge >= 0.3 is 0 Å². The standard InChI is InChI=1S/C31H36N6O/c1-35-30(22-37-12-3-2-4-13-37)28(20-32-35)24-10-11-29-26(17-24)18-27(33-34-29)19-31(38)25-9-7-8-23(16-25)21-36-14-5-6-15-36/h7-11,16-18,20H,2-6,12-15,19,21-22H2,1H3. The van der Waals surface area contributed by atoms with E-state index in [1.807, 2.05) is 48.3 Å². The largest absolute Gasteiger partial charge is 0.299 e. The summed E-state index contributed by atoms with van der Waals surface area (Å²) in [5, 5.41) is 14.4. The van der Waals surface area contributed by atoms with Crippen molar-refractivity contribution < 1.29 is 4.79 Å². The summed E-state index contributed by atoms with van der Waals surface area (Å²) >= 11 is 0. The molecule has 6 rings (SSSR count). The fourth-order valence-electron chi connectivity index (χ4n) is 5.87. The number of nitrogens with zero attached hydrogens (tertiary/aromatic N) is 6. The molecule has 7 heteroatoms. The summed E-state index contributed by atoms with van der Waals surface area (Å²) in [5.41, 5.74) is 6.99. The van der Waals surface area contributed by atoms with Crippen LogP contribution in [0.3, 0.4) is 0 Å². The highest BCUT2D eigenvalue weighted by Gasteiger charge is 2.18. The lowest BCUT2D eigenvalue weighted by atomic mass is 10.0. The van der Waals surface area contributed by atoms with E-state index in [-0.39, 0.29) is 12.2 Å². The van der Waals surface area contributed by atoms with Gasteiger partial charge in [-0.25, -0.2) is 0 Å². The number of hydrogen-bond donors (Lipinski definition) is 0. The van der Waals surface area contributed by atoms with Gasteiger partial charge in [-0.1, -0.05) is 30.7 Å². The molecular weight excluding hydrogens is 472 g/mol. The second-order valence-corrected chi connectivity index (χ2v) is 10.9. The maximum atomic E-state index is 13.2. The number of piperidine rings is 1. The van der Waals surface area contributed by atoms with Crippen LogP contribution in [0.15, 0.2) is 54.7 Å². The summed E-state index contributed by atoms with van der Waals surface area (Å²) in [6.45, 7) is 6.41. The van der Waals surface area contributed by atoms with Crippen LogP contribution in [0.4, 0.5) is 0 Å². The molecule has 2 saturated heterocycles. The monoisotopic (exact) mass is 508 g/mol. The number of fused-ring (bicyclic) bond motifs is 1. The molecule has 7 nitrogen and oxygen atoms in total. The molecule has 2 aromatic carbocycles. The first-order chi connectivity index (χ1) is 18.6. The topological polar surface area (TPSA) is 67.2 Å². The third kappa shape index (κ3) is 5.54. The SMILES string of the molecule is Cn1ncc(-c2ccc3nnc(CC(=O)c4cccc(CN5CCCC5)c4)cc3c2)c1CN1CCCCC1. The Morgan fingerprint density at radius 3 is 2.42 bits per heavy atom. The minimum atomic E-state index is 0.0779. The average Bonchev–Trinajstić information content (AvgIpc) is 3.59. The van der Waals surface area contributed by atoms with Crippen molar-refractivity contribution in [1.29, 1.82) is 0 Å². The van der Waals surface area contributed by atoms with Gasteiger partial charge in [0.2, 0.25) is 0 Å². The minimum absolute atomic E-state index is 0.0779. The molecule has 0 atom stereocenters. The Morgan fingerprint density at radius 2 is 1.61 bits per heavy atom. The van der Waals surface area contributed by atoms with E-state index in [1.54, 1.807) is 0 Å². The van der Waals surface area contributed by atoms with Crippen LogP contribution in [-0.2, 0) is 26.6 Å². The highest BCUT2D eigenvalue weighted by atomic mass is 16.1. The van der Waals surface area contributed by atoms with Crippen molar-refractivity contribution >= 4 is 16.7 Å². The third-order valence-electron chi connectivity index (χ3n) is 8.03. The molecule has 2 aromatic heterocycles. The maximum Gasteiger partial charge on any atom is 0.168 e. The summed E-state index contributed by atoms with van der Waals surface area (Å²) < 4.78 is 2.00. The van der Waals surface area contributed by atoms with Crippen LogP contribution in [0.25, 0.3) is 22.0 Å². The molecule has 0 N–H and O–H groups in total. The van der Waals surface area contributed by atoms with Crippen molar-refractivity contribution in [2.45, 2.75) is 51.6 Å². The fraction of sp³-hybridized carbons (Fsp3) is 0.419. The maximum absolute atomic E-state index is 13.2. The van der Waals surface area contributed by atoms with Gasteiger partial charge < -0.3 is 0 Å². The van der Waals surface area contributed by atoms with Gasteiger partial charge in [-0.3, -0.25) is 19.3 Å². The van der Waals surface area contributed by atoms with Crippen molar-refractivity contribution in [2.24, 2.45) is 7.05 Å². The zero-order valence-corrected chi connectivity index (χ0v) is 22.3. The van der Waals surface area contributed by atoms with Crippen LogP contribution in [0.1, 0.15) is 59.4 Å². The highest BCUT2D eigenvalue weighted by Crippen LogP contribution is 2.28. The number of hydrogen-bond acceptors (Lipinski definition) is 6. The van der Waals surface area contributed by atoms with Crippen molar-refractivity contribution in [3.8, 4) is 11.1 Å². The summed E-state index contributed by atoms with van der Waals surface area (Å²) in [5.74, 6) is 0.0779. The number of likely N-dealkylation sites (tertiary alicyclic amines) is 2. The zero-order valence-electron chi connectivity index (χ0n) is 22.3. The Labute approximate surface area is 224 Å². The molecular formula is C31H36N6O. The van der Waals surface area contributed by atoms with Crippen LogP contribution in [0.5, 0.6) is 0 Å². The van der Waals surface area contributed by atoms with E-state index >= 15 is 0 Å². The normalized spacial score (nSPS) is 16.9. The summed E-state index contributed by atoms with van der Waals surface area (Å²) in [6.07, 6.45) is 8.61. The zero-order chi connectivity index (χ0) is 25.9. The number of carbonyl (C=O) groups excluding carboxylic acids is 1. The van der Waals surface area contributed by atoms with Gasteiger partial charge in [0.05, 0.1) is 29.5 Å². The second kappa shape index (κ2) is 11.1. The number of rotatable bonds is 8. The lowest BCUT2D eigenvalue weighted by Gasteiger charge is -2.26. The quantitative estimate of drug-likeness (QED) is 0.311. The first-order valence-electron chi connectivity index (χ1n) is 14.0. The molecule has 0 saturated carbocycles. The van der Waals surface area contributed by atoms with E-state index in [0.717, 1.165) is 66.9 Å². The predicted octanol–water partition coefficient (Wildman–Crippen LogP) is 5.04. The molecule has 196 valence electrons. The number of benzene rings is 2. The molecule has 0 radical (unpaired) electrons. The average molecular weight is 509 g/mol. The molecule has 0 amide bonds. The smallest absolute Gasteiger partial charge is 0.168 e. The van der Waals surface area contributed by atoms with Gasteiger partial charge in [0.1, 0.15) is 0 Å². The van der Waals surface area contributed by atoms with Crippen molar-refractivity contribution in [2.75, 3.05) is 26.2 Å². The van der Waals surface area contributed by atoms with Gasteiger partial charge in [-0.05, 0) is 87.3 Å². The van der Waals surface area contributed by atoms with Gasteiger partial charge in [0.25, 0.3) is 0 Å². The molecule has 0 aliphatic carbocycles. The fourth-order valence-corrected chi connectivity index (χ4v) is 5.87. The van der Waals surface area contributed by atoms with Crippen molar-refractivity contribution in [3.05, 3.63) is 77.2 Å². The van der Waals surface area contributed by atoms with Gasteiger partial charge in [0, 0.05) is 36.7 Å². The molecule has 2 aliphatic rings. The van der Waals surface area contributed by atoms with E-state index in [0.29, 0.717) is 5.69 Å². The van der Waals surface area contributed by atoms with Gasteiger partial charge in [-0.2, -0.15) is 15.3 Å². The van der Waals surface area contributed by atoms with Gasteiger partial charge in [0.15, 0.2) is 5.78 Å². The lowest BCUT2D eigenvalue weighted by Crippen LogP contribution is -2.30. The van der Waals surface area contributed by atoms with Crippen LogP contribution < -0.4 is 0 Å². The van der Waals surface area contributed by atoms with E-state index in [9.17, 15) is 4.79 Å². The molecule has 2 fully saturated rings. The number of aryl methyl sites for hydroxylation is 1. The molecule has 4 heterocycles. The molecule has 38 heavy (non-hydrogen) atoms. The molecule has 4 aromatic rings. The first kappa shape index (κ1) is 24.9. The lowest BCUT2D eigenvalue weighted by molar-refractivity contribution is 0.0991. The summed E-state index contributed by atoms with van der Waals surface area (Å²) in [7, 11) is 2.03. The van der Waals surface area contributed by atoms with Crippen LogP contribution in [-0.4, -0.2) is 61.7 Å². The van der Waals surface area contributed by atoms with Gasteiger partial charge in [-0.15, -0.1) is 0 Å². The number of carbonyl (C=O) groups is 1. The Bertz CT molecular complexity index is 1430. The summed E-state index contributed by atoms with van der Waals surface area (Å²) in [6, 6.07) is 16.3. The van der Waals surface area contributed by atoms with Crippen molar-refractivity contribution in [1.82, 2.24) is 29.8 Å². The Kier molecular flexibility index (Phi) is 7.29. The predicted molar refractivity (Wildman–Crippen MR) is 150 cm³/mol. The van der Waals surface area contributed by atoms with Crippen LogP contribution in [0.2, 0.25) is 0 Å². The van der Waals surface area contributed by atoms with Crippen molar-refractivity contribution in [3.63, 3.8) is 0 Å². The van der Waals surface area contributed by atoms with E-state index < -0.39 is 0 Å². The molecule has 0 unspecified atom stereocenters. The Hall–Kier alpha value is -3.42. The Balaban J connectivity index is 1.21. The van der Waals surface area contributed by atoms with E-state index in [1.165, 1.54) is 43.4 Å². The molecule has 0 bridgehead atoms. The number of ketones is 1. The number of aromatic nitrogens is 4. The van der Waals surface area contributed by atoms with E-state index in [4.69, 9.17) is 0 Å². The van der Waals surface area contributed by atoms with Crippen LogP contribution in [0, 0.1) is 0 Å². The van der Waals surface area contributed by atoms with E-state index in [2.05, 4.69) is 43.3 Å². The first-order valence-corrected chi connectivity index (χ1v) is 14.0. The minimum Gasteiger partial charge on any atom is -0.299 e. The Morgan fingerprint density at radius 1 is 0.842 bits per heavy atom. The third-order valence-corrected chi connectivity index (χ3v) is 8.03. The van der Waals surface area contributed by atoms with Crippen LogP contribution >= 0.6 is 0 Å². The molecule has 2 aliphatic heterocycles. The highest BCUT2D eigenvalue weighted by molar-refractivity contribution is 5.98. The molecule has 0 spiro atoms. The summed E-state index contributed by atoms with van der Waals surface area (Å²) in [4.78, 5) is 18.2. The second-order valence-electron chi connectivity index (χ2n) is 10.9.